The van der Waals surface area contributed by atoms with Crippen molar-refractivity contribution in [1.29, 1.82) is 0 Å². The van der Waals surface area contributed by atoms with Crippen molar-refractivity contribution in [3.8, 4) is 11.5 Å². The van der Waals surface area contributed by atoms with Crippen LogP contribution in [0.4, 0.5) is 0 Å². The molecule has 0 spiro atoms. The highest BCUT2D eigenvalue weighted by atomic mass is 35.5. The van der Waals surface area contributed by atoms with Gasteiger partial charge in [-0.2, -0.15) is 0 Å². The highest BCUT2D eigenvalue weighted by Crippen LogP contribution is 2.35. The van der Waals surface area contributed by atoms with E-state index in [1.54, 1.807) is 36.4 Å². The molecule has 1 aliphatic heterocycles. The van der Waals surface area contributed by atoms with Crippen molar-refractivity contribution in [3.63, 3.8) is 0 Å². The first-order valence-corrected chi connectivity index (χ1v) is 10.0. The molecule has 6 nitrogen and oxygen atoms in total. The van der Waals surface area contributed by atoms with Crippen LogP contribution in [-0.2, 0) is 0 Å². The first kappa shape index (κ1) is 19.6. The number of hydrogen-bond donors (Lipinski definition) is 0. The lowest BCUT2D eigenvalue weighted by Gasteiger charge is -2.28. The highest BCUT2D eigenvalue weighted by molar-refractivity contribution is 6.34. The molecule has 29 heavy (non-hydrogen) atoms. The Morgan fingerprint density at radius 3 is 2.66 bits per heavy atom. The van der Waals surface area contributed by atoms with Gasteiger partial charge in [0, 0.05) is 11.5 Å². The minimum absolute atomic E-state index is 0.300. The Hall–Kier alpha value is -2.70. The van der Waals surface area contributed by atoms with Gasteiger partial charge in [-0.3, -0.25) is 0 Å². The third kappa shape index (κ3) is 4.66. The number of hydrogen-bond acceptors (Lipinski definition) is 6. The maximum absolute atomic E-state index is 12.6. The number of halogens is 1. The molecular formula is C22H22ClN3O3. The van der Waals surface area contributed by atoms with E-state index in [-0.39, 0.29) is 0 Å². The van der Waals surface area contributed by atoms with Gasteiger partial charge in [0.15, 0.2) is 11.5 Å². The van der Waals surface area contributed by atoms with Crippen LogP contribution < -0.4 is 9.47 Å². The Balaban J connectivity index is 1.60. The third-order valence-electron chi connectivity index (χ3n) is 5.18. The van der Waals surface area contributed by atoms with Crippen LogP contribution in [0.2, 0.25) is 5.15 Å². The fourth-order valence-corrected chi connectivity index (χ4v) is 3.59. The molecule has 1 aromatic heterocycles. The second-order valence-corrected chi connectivity index (χ2v) is 7.65. The summed E-state index contributed by atoms with van der Waals surface area (Å²) in [6, 6.07) is 12.3. The van der Waals surface area contributed by atoms with Crippen molar-refractivity contribution in [1.82, 2.24) is 14.9 Å². The van der Waals surface area contributed by atoms with E-state index in [1.807, 2.05) is 6.07 Å². The summed E-state index contributed by atoms with van der Waals surface area (Å²) in [4.78, 5) is 23.2. The fourth-order valence-electron chi connectivity index (χ4n) is 3.39. The number of carbonyl (C=O) groups excluding carboxylic acids is 1. The van der Waals surface area contributed by atoms with Gasteiger partial charge in [0.25, 0.3) is 0 Å². The van der Waals surface area contributed by atoms with Crippen LogP contribution in [0.25, 0.3) is 10.9 Å². The molecule has 0 unspecified atom stereocenters. The predicted octanol–water partition coefficient (Wildman–Crippen LogP) is 4.22. The molecule has 0 atom stereocenters. The lowest BCUT2D eigenvalue weighted by atomic mass is 9.98. The smallest absolute Gasteiger partial charge is 0.343 e. The number of likely N-dealkylation sites (tertiary alicyclic amines) is 1. The molecule has 3 aromatic rings. The van der Waals surface area contributed by atoms with Crippen molar-refractivity contribution >= 4 is 28.5 Å². The van der Waals surface area contributed by atoms with Crippen molar-refractivity contribution in [2.45, 2.75) is 12.8 Å². The van der Waals surface area contributed by atoms with Crippen molar-refractivity contribution in [3.05, 3.63) is 59.5 Å². The first-order valence-electron chi connectivity index (χ1n) is 9.63. The van der Waals surface area contributed by atoms with Crippen LogP contribution in [-0.4, -0.2) is 47.6 Å². The zero-order chi connectivity index (χ0) is 20.2. The van der Waals surface area contributed by atoms with Crippen molar-refractivity contribution in [2.75, 3.05) is 26.7 Å². The van der Waals surface area contributed by atoms with Crippen LogP contribution in [0, 0.1) is 5.92 Å². The molecule has 0 radical (unpaired) electrons. The molecular weight excluding hydrogens is 390 g/mol. The van der Waals surface area contributed by atoms with Gasteiger partial charge in [-0.15, -0.1) is 0 Å². The van der Waals surface area contributed by atoms with E-state index in [4.69, 9.17) is 21.1 Å². The average molecular weight is 412 g/mol. The molecule has 0 aliphatic carbocycles. The van der Waals surface area contributed by atoms with E-state index in [9.17, 15) is 4.79 Å². The van der Waals surface area contributed by atoms with Crippen molar-refractivity contribution < 1.29 is 14.3 Å². The van der Waals surface area contributed by atoms with Gasteiger partial charge in [0.2, 0.25) is 0 Å². The maximum atomic E-state index is 12.6. The number of nitrogens with zero attached hydrogens (tertiary/aromatic N) is 3. The summed E-state index contributed by atoms with van der Waals surface area (Å²) >= 11 is 6.21. The van der Waals surface area contributed by atoms with Crippen LogP contribution in [0.15, 0.2) is 48.8 Å². The molecule has 0 saturated carbocycles. The number of esters is 1. The summed E-state index contributed by atoms with van der Waals surface area (Å²) in [6.45, 7) is 2.68. The SMILES string of the molecule is CN1CCC(COc2cc3ncnc(Cl)c3cc2OC(=O)c2ccccc2)CC1. The number of aromatic nitrogens is 2. The molecule has 0 N–H and O–H groups in total. The lowest BCUT2D eigenvalue weighted by molar-refractivity contribution is 0.0725. The summed E-state index contributed by atoms with van der Waals surface area (Å²) in [6.07, 6.45) is 3.56. The highest BCUT2D eigenvalue weighted by Gasteiger charge is 2.20. The van der Waals surface area contributed by atoms with E-state index in [1.165, 1.54) is 6.33 Å². The Bertz CT molecular complexity index is 1000. The van der Waals surface area contributed by atoms with Gasteiger partial charge in [-0.25, -0.2) is 14.8 Å². The average Bonchev–Trinajstić information content (AvgIpc) is 2.74. The zero-order valence-electron chi connectivity index (χ0n) is 16.2. The predicted molar refractivity (Wildman–Crippen MR) is 112 cm³/mol. The Morgan fingerprint density at radius 1 is 1.14 bits per heavy atom. The van der Waals surface area contributed by atoms with E-state index >= 15 is 0 Å². The Kier molecular flexibility index (Phi) is 5.92. The number of rotatable bonds is 5. The molecule has 4 rings (SSSR count). The zero-order valence-corrected chi connectivity index (χ0v) is 16.9. The number of piperidine rings is 1. The largest absolute Gasteiger partial charge is 0.489 e. The lowest BCUT2D eigenvalue weighted by Crippen LogP contribution is -2.32. The van der Waals surface area contributed by atoms with Crippen LogP contribution >= 0.6 is 11.6 Å². The fraction of sp³-hybridized carbons (Fsp3) is 0.318. The van der Waals surface area contributed by atoms with E-state index in [2.05, 4.69) is 21.9 Å². The normalized spacial score (nSPS) is 15.4. The second-order valence-electron chi connectivity index (χ2n) is 7.29. The molecule has 150 valence electrons. The molecule has 2 heterocycles. The third-order valence-corrected chi connectivity index (χ3v) is 5.48. The van der Waals surface area contributed by atoms with Crippen LogP contribution in [0.1, 0.15) is 23.2 Å². The molecule has 1 saturated heterocycles. The number of fused-ring (bicyclic) bond motifs is 1. The first-order chi connectivity index (χ1) is 14.1. The monoisotopic (exact) mass is 411 g/mol. The standard InChI is InChI=1S/C22H22ClN3O3/c1-26-9-7-15(8-10-26)13-28-19-12-18-17(21(23)25-14-24-18)11-20(19)29-22(27)16-5-3-2-4-6-16/h2-6,11-12,14-15H,7-10,13H2,1H3. The van der Waals surface area contributed by atoms with E-state index in [0.717, 1.165) is 25.9 Å². The van der Waals surface area contributed by atoms with Gasteiger partial charge < -0.3 is 14.4 Å². The second kappa shape index (κ2) is 8.76. The van der Waals surface area contributed by atoms with E-state index < -0.39 is 5.97 Å². The number of benzene rings is 2. The Morgan fingerprint density at radius 2 is 1.90 bits per heavy atom. The molecule has 0 bridgehead atoms. The molecule has 1 fully saturated rings. The minimum Gasteiger partial charge on any atom is -0.489 e. The number of ether oxygens (including phenoxy) is 2. The topological polar surface area (TPSA) is 64.6 Å². The molecule has 1 aliphatic rings. The summed E-state index contributed by atoms with van der Waals surface area (Å²) in [7, 11) is 2.13. The summed E-state index contributed by atoms with van der Waals surface area (Å²) in [5.74, 6) is 0.807. The van der Waals surface area contributed by atoms with Gasteiger partial charge in [-0.05, 0) is 57.1 Å². The Labute approximate surface area is 174 Å². The van der Waals surface area contributed by atoms with E-state index in [0.29, 0.717) is 45.6 Å². The van der Waals surface area contributed by atoms with Gasteiger partial charge in [0.05, 0.1) is 17.7 Å². The number of carbonyl (C=O) groups is 1. The molecule has 0 amide bonds. The molecule has 2 aromatic carbocycles. The summed E-state index contributed by atoms with van der Waals surface area (Å²) < 4.78 is 11.8. The maximum Gasteiger partial charge on any atom is 0.343 e. The summed E-state index contributed by atoms with van der Waals surface area (Å²) in [5.41, 5.74) is 1.10. The van der Waals surface area contributed by atoms with Crippen molar-refractivity contribution in [2.24, 2.45) is 5.92 Å². The van der Waals surface area contributed by atoms with Gasteiger partial charge in [-0.1, -0.05) is 29.8 Å². The quantitative estimate of drug-likeness (QED) is 0.356. The van der Waals surface area contributed by atoms with Crippen LogP contribution in [0.3, 0.4) is 0 Å². The van der Waals surface area contributed by atoms with Crippen LogP contribution in [0.5, 0.6) is 11.5 Å². The van der Waals surface area contributed by atoms with Gasteiger partial charge in [0.1, 0.15) is 11.5 Å². The molecule has 7 heteroatoms. The minimum atomic E-state index is -0.456. The van der Waals surface area contributed by atoms with Gasteiger partial charge >= 0.3 is 5.97 Å². The summed E-state index contributed by atoms with van der Waals surface area (Å²) in [5, 5.41) is 0.908.